The van der Waals surface area contributed by atoms with Crippen molar-refractivity contribution < 1.29 is 13.2 Å². The zero-order valence-electron chi connectivity index (χ0n) is 10.7. The van der Waals surface area contributed by atoms with Crippen LogP contribution < -0.4 is 5.73 Å². The van der Waals surface area contributed by atoms with E-state index in [0.717, 1.165) is 16.7 Å². The lowest BCUT2D eigenvalue weighted by Crippen LogP contribution is -2.08. The maximum atomic E-state index is 12.6. The maximum absolute atomic E-state index is 12.6. The predicted molar refractivity (Wildman–Crippen MR) is 72.0 cm³/mol. The Morgan fingerprint density at radius 2 is 1.89 bits per heavy atom. The van der Waals surface area contributed by atoms with Gasteiger partial charge in [0, 0.05) is 17.2 Å². The van der Waals surface area contributed by atoms with E-state index in [1.165, 1.54) is 31.7 Å². The van der Waals surface area contributed by atoms with Gasteiger partial charge in [0.05, 0.1) is 5.56 Å². The fourth-order valence-electron chi connectivity index (χ4n) is 2.44. The van der Waals surface area contributed by atoms with Gasteiger partial charge in [-0.15, -0.1) is 11.8 Å². The minimum atomic E-state index is -4.29. The van der Waals surface area contributed by atoms with Gasteiger partial charge in [-0.25, -0.2) is 0 Å². The minimum absolute atomic E-state index is 0.150. The van der Waals surface area contributed by atoms with Crippen LogP contribution in [0.1, 0.15) is 36.8 Å². The van der Waals surface area contributed by atoms with E-state index in [1.807, 2.05) is 0 Å². The lowest BCUT2D eigenvalue weighted by molar-refractivity contribution is -0.137. The Labute approximate surface area is 115 Å². The van der Waals surface area contributed by atoms with Crippen LogP contribution >= 0.6 is 11.8 Å². The van der Waals surface area contributed by atoms with Crippen molar-refractivity contribution in [2.24, 2.45) is 11.7 Å². The molecule has 2 N–H and O–H groups in total. The highest BCUT2D eigenvalue weighted by atomic mass is 32.2. The van der Waals surface area contributed by atoms with Crippen LogP contribution in [0, 0.1) is 5.92 Å². The van der Waals surface area contributed by atoms with Gasteiger partial charge in [-0.3, -0.25) is 0 Å². The number of nitrogens with two attached hydrogens (primary N) is 1. The van der Waals surface area contributed by atoms with Crippen molar-refractivity contribution in [3.05, 3.63) is 29.3 Å². The van der Waals surface area contributed by atoms with E-state index in [2.05, 4.69) is 0 Å². The molecular formula is C14H18F3NS. The third-order valence-corrected chi connectivity index (χ3v) is 4.90. The van der Waals surface area contributed by atoms with Crippen LogP contribution in [-0.4, -0.2) is 5.75 Å². The third-order valence-electron chi connectivity index (χ3n) is 3.56. The second kappa shape index (κ2) is 6.18. The highest BCUT2D eigenvalue weighted by Gasteiger charge is 2.30. The largest absolute Gasteiger partial charge is 0.416 e. The van der Waals surface area contributed by atoms with E-state index < -0.39 is 11.7 Å². The van der Waals surface area contributed by atoms with E-state index >= 15 is 0 Å². The summed E-state index contributed by atoms with van der Waals surface area (Å²) in [6.07, 6.45) is 0.750. The molecule has 19 heavy (non-hydrogen) atoms. The normalized spacial score (nSPS) is 17.1. The van der Waals surface area contributed by atoms with E-state index in [4.69, 9.17) is 5.73 Å². The van der Waals surface area contributed by atoms with Crippen LogP contribution in [-0.2, 0) is 12.7 Å². The van der Waals surface area contributed by atoms with E-state index in [9.17, 15) is 13.2 Å². The molecule has 5 heteroatoms. The van der Waals surface area contributed by atoms with Crippen molar-refractivity contribution in [3.8, 4) is 0 Å². The fraction of sp³-hybridized carbons (Fsp3) is 0.571. The Bertz CT molecular complexity index is 425. The summed E-state index contributed by atoms with van der Waals surface area (Å²) in [6, 6.07) is 3.89. The average Bonchev–Trinajstić information content (AvgIpc) is 2.88. The summed E-state index contributed by atoms with van der Waals surface area (Å²) in [5.41, 5.74) is 5.55. The zero-order chi connectivity index (χ0) is 13.9. The molecule has 106 valence electrons. The van der Waals surface area contributed by atoms with Crippen LogP contribution in [0.2, 0.25) is 0 Å². The van der Waals surface area contributed by atoms with Crippen molar-refractivity contribution in [2.45, 2.75) is 43.3 Å². The Hall–Kier alpha value is -0.680. The molecule has 1 saturated carbocycles. The monoisotopic (exact) mass is 289 g/mol. The van der Waals surface area contributed by atoms with Gasteiger partial charge in [-0.2, -0.15) is 13.2 Å². The summed E-state index contributed by atoms with van der Waals surface area (Å²) < 4.78 is 37.9. The maximum Gasteiger partial charge on any atom is 0.416 e. The highest BCUT2D eigenvalue weighted by Crippen LogP contribution is 2.35. The van der Waals surface area contributed by atoms with Crippen LogP contribution in [0.3, 0.4) is 0 Å². The molecule has 1 fully saturated rings. The molecule has 0 atom stereocenters. The molecule has 2 rings (SSSR count). The molecule has 1 aromatic rings. The summed E-state index contributed by atoms with van der Waals surface area (Å²) in [5.74, 6) is 1.69. The lowest BCUT2D eigenvalue weighted by Gasteiger charge is -2.14. The quantitative estimate of drug-likeness (QED) is 0.829. The number of hydrogen-bond donors (Lipinski definition) is 1. The van der Waals surface area contributed by atoms with Crippen molar-refractivity contribution in [1.82, 2.24) is 0 Å². The van der Waals surface area contributed by atoms with E-state index in [0.29, 0.717) is 11.5 Å². The molecule has 1 aromatic carbocycles. The second-order valence-corrected chi connectivity index (χ2v) is 6.05. The SMILES string of the molecule is NCc1cc(C(F)(F)F)ccc1SCC1CCCC1. The number of thioether (sulfide) groups is 1. The molecule has 0 unspecified atom stereocenters. The smallest absolute Gasteiger partial charge is 0.326 e. The van der Waals surface area contributed by atoms with Gasteiger partial charge in [-0.05, 0) is 42.5 Å². The Balaban J connectivity index is 2.07. The first-order chi connectivity index (χ1) is 9.00. The fourth-order valence-corrected chi connectivity index (χ4v) is 3.68. The van der Waals surface area contributed by atoms with Gasteiger partial charge < -0.3 is 5.73 Å². The molecule has 0 heterocycles. The number of alkyl halides is 3. The van der Waals surface area contributed by atoms with Gasteiger partial charge in [0.15, 0.2) is 0 Å². The molecular weight excluding hydrogens is 271 g/mol. The summed E-state index contributed by atoms with van der Waals surface area (Å²) in [7, 11) is 0. The zero-order valence-corrected chi connectivity index (χ0v) is 11.5. The number of rotatable bonds is 4. The number of halogens is 3. The van der Waals surface area contributed by atoms with Gasteiger partial charge in [0.2, 0.25) is 0 Å². The van der Waals surface area contributed by atoms with E-state index in [-0.39, 0.29) is 6.54 Å². The summed E-state index contributed by atoms with van der Waals surface area (Å²) >= 11 is 1.64. The molecule has 0 spiro atoms. The first-order valence-corrected chi connectivity index (χ1v) is 7.52. The van der Waals surface area contributed by atoms with E-state index in [1.54, 1.807) is 17.8 Å². The molecule has 0 amide bonds. The Morgan fingerprint density at radius 1 is 1.21 bits per heavy atom. The topological polar surface area (TPSA) is 26.0 Å². The first kappa shape index (κ1) is 14.7. The average molecular weight is 289 g/mol. The van der Waals surface area contributed by atoms with Gasteiger partial charge >= 0.3 is 6.18 Å². The third kappa shape index (κ3) is 3.89. The summed E-state index contributed by atoms with van der Waals surface area (Å²) in [4.78, 5) is 0.891. The molecule has 1 aliphatic rings. The molecule has 0 aliphatic heterocycles. The highest BCUT2D eigenvalue weighted by molar-refractivity contribution is 7.99. The minimum Gasteiger partial charge on any atom is -0.326 e. The first-order valence-electron chi connectivity index (χ1n) is 6.53. The molecule has 0 radical (unpaired) electrons. The lowest BCUT2D eigenvalue weighted by atomic mass is 10.1. The van der Waals surface area contributed by atoms with Crippen LogP contribution in [0.25, 0.3) is 0 Å². The standard InChI is InChI=1S/C14H18F3NS/c15-14(16,17)12-5-6-13(11(7-12)8-18)19-9-10-3-1-2-4-10/h5-7,10H,1-4,8-9,18H2. The van der Waals surface area contributed by atoms with Crippen molar-refractivity contribution >= 4 is 11.8 Å². The second-order valence-electron chi connectivity index (χ2n) is 4.99. The molecule has 0 saturated heterocycles. The Morgan fingerprint density at radius 3 is 2.47 bits per heavy atom. The van der Waals surface area contributed by atoms with Crippen molar-refractivity contribution in [1.29, 1.82) is 0 Å². The Kier molecular flexibility index (Phi) is 4.79. The van der Waals surface area contributed by atoms with Crippen LogP contribution in [0.4, 0.5) is 13.2 Å². The van der Waals surface area contributed by atoms with Crippen molar-refractivity contribution in [2.75, 3.05) is 5.75 Å². The van der Waals surface area contributed by atoms with Crippen molar-refractivity contribution in [3.63, 3.8) is 0 Å². The van der Waals surface area contributed by atoms with Crippen LogP contribution in [0.15, 0.2) is 23.1 Å². The molecule has 1 nitrogen and oxygen atoms in total. The molecule has 0 aromatic heterocycles. The van der Waals surface area contributed by atoms with Gasteiger partial charge in [0.1, 0.15) is 0 Å². The summed E-state index contributed by atoms with van der Waals surface area (Å²) in [6.45, 7) is 0.150. The molecule has 1 aliphatic carbocycles. The molecule has 0 bridgehead atoms. The van der Waals surface area contributed by atoms with Gasteiger partial charge in [-0.1, -0.05) is 12.8 Å². The van der Waals surface area contributed by atoms with Gasteiger partial charge in [0.25, 0.3) is 0 Å². The summed E-state index contributed by atoms with van der Waals surface area (Å²) in [5, 5.41) is 0. The predicted octanol–water partition coefficient (Wildman–Crippen LogP) is 4.45. The van der Waals surface area contributed by atoms with Crippen LogP contribution in [0.5, 0.6) is 0 Å². The number of hydrogen-bond acceptors (Lipinski definition) is 2. The number of benzene rings is 1.